The molecule has 0 saturated carbocycles. The zero-order chi connectivity index (χ0) is 8.27. The van der Waals surface area contributed by atoms with Crippen LogP contribution in [-0.4, -0.2) is 5.45 Å². The summed E-state index contributed by atoms with van der Waals surface area (Å²) in [6, 6.07) is 5.33. The standard InChI is InChI=1S/C7H6BrCl2N/c8-4-11-7-2-1-5(9)3-6(7)10/h1-3,11H,4H2. The largest absolute Gasteiger partial charge is 0.374 e. The maximum Gasteiger partial charge on any atom is 0.0707 e. The summed E-state index contributed by atoms with van der Waals surface area (Å²) in [4.78, 5) is 0. The number of anilines is 1. The Labute approximate surface area is 83.8 Å². The molecule has 0 amide bonds. The van der Waals surface area contributed by atoms with E-state index in [2.05, 4.69) is 21.2 Å². The van der Waals surface area contributed by atoms with E-state index in [0.29, 0.717) is 15.5 Å². The Kier molecular flexibility index (Phi) is 3.49. The number of rotatable bonds is 2. The first-order valence-electron chi connectivity index (χ1n) is 2.99. The molecule has 1 aromatic rings. The van der Waals surface area contributed by atoms with E-state index in [9.17, 15) is 0 Å². The van der Waals surface area contributed by atoms with Gasteiger partial charge in [-0.05, 0) is 18.2 Å². The fourth-order valence-electron chi connectivity index (χ4n) is 0.705. The van der Waals surface area contributed by atoms with Crippen molar-refractivity contribution < 1.29 is 0 Å². The average Bonchev–Trinajstić information content (AvgIpc) is 1.95. The first-order chi connectivity index (χ1) is 5.24. The molecule has 1 nitrogen and oxygen atoms in total. The van der Waals surface area contributed by atoms with Gasteiger partial charge in [-0.25, -0.2) is 0 Å². The third-order valence-corrected chi connectivity index (χ3v) is 2.02. The van der Waals surface area contributed by atoms with Gasteiger partial charge in [-0.2, -0.15) is 0 Å². The smallest absolute Gasteiger partial charge is 0.0707 e. The number of benzene rings is 1. The van der Waals surface area contributed by atoms with Gasteiger partial charge in [0, 0.05) is 5.02 Å². The first-order valence-corrected chi connectivity index (χ1v) is 4.86. The van der Waals surface area contributed by atoms with Gasteiger partial charge in [0.25, 0.3) is 0 Å². The van der Waals surface area contributed by atoms with E-state index < -0.39 is 0 Å². The van der Waals surface area contributed by atoms with Gasteiger partial charge in [-0.3, -0.25) is 0 Å². The molecular formula is C7H6BrCl2N. The van der Waals surface area contributed by atoms with E-state index >= 15 is 0 Å². The third-order valence-electron chi connectivity index (χ3n) is 1.19. The molecule has 1 aromatic carbocycles. The molecule has 0 unspecified atom stereocenters. The van der Waals surface area contributed by atoms with Crippen LogP contribution >= 0.6 is 39.1 Å². The van der Waals surface area contributed by atoms with Gasteiger partial charge in [0.2, 0.25) is 0 Å². The summed E-state index contributed by atoms with van der Waals surface area (Å²) in [6.45, 7) is 0. The minimum atomic E-state index is 0.636. The molecule has 0 saturated heterocycles. The minimum Gasteiger partial charge on any atom is -0.374 e. The van der Waals surface area contributed by atoms with Crippen molar-refractivity contribution in [3.63, 3.8) is 0 Å². The fourth-order valence-corrected chi connectivity index (χ4v) is 1.48. The fraction of sp³-hybridized carbons (Fsp3) is 0.143. The van der Waals surface area contributed by atoms with Crippen LogP contribution in [0.5, 0.6) is 0 Å². The molecule has 0 heterocycles. The second-order valence-corrected chi connectivity index (χ2v) is 3.34. The molecule has 0 aliphatic heterocycles. The Hall–Kier alpha value is 0.0800. The highest BCUT2D eigenvalue weighted by Crippen LogP contribution is 2.25. The normalized spacial score (nSPS) is 9.73. The van der Waals surface area contributed by atoms with Gasteiger partial charge in [0.15, 0.2) is 0 Å². The highest BCUT2D eigenvalue weighted by atomic mass is 79.9. The van der Waals surface area contributed by atoms with Gasteiger partial charge in [0.1, 0.15) is 0 Å². The van der Waals surface area contributed by atoms with Crippen LogP contribution in [0.1, 0.15) is 0 Å². The van der Waals surface area contributed by atoms with Gasteiger partial charge in [-0.1, -0.05) is 39.1 Å². The predicted molar refractivity (Wildman–Crippen MR) is 53.9 cm³/mol. The Morgan fingerprint density at radius 3 is 2.64 bits per heavy atom. The third kappa shape index (κ3) is 2.55. The Bertz CT molecular complexity index is 252. The van der Waals surface area contributed by atoms with Crippen molar-refractivity contribution in [1.29, 1.82) is 0 Å². The number of hydrogen-bond acceptors (Lipinski definition) is 1. The Balaban J connectivity index is 2.90. The predicted octanol–water partition coefficient (Wildman–Crippen LogP) is 3.76. The summed E-state index contributed by atoms with van der Waals surface area (Å²) in [6.07, 6.45) is 0. The lowest BCUT2D eigenvalue weighted by Gasteiger charge is -2.03. The second-order valence-electron chi connectivity index (χ2n) is 1.93. The molecule has 11 heavy (non-hydrogen) atoms. The molecule has 0 fully saturated rings. The van der Waals surface area contributed by atoms with E-state index in [4.69, 9.17) is 23.2 Å². The number of hydrogen-bond donors (Lipinski definition) is 1. The van der Waals surface area contributed by atoms with E-state index in [0.717, 1.165) is 5.69 Å². The van der Waals surface area contributed by atoms with Gasteiger partial charge >= 0.3 is 0 Å². The van der Waals surface area contributed by atoms with Gasteiger partial charge < -0.3 is 5.32 Å². The maximum atomic E-state index is 5.84. The highest BCUT2D eigenvalue weighted by Gasteiger charge is 1.97. The molecule has 0 aliphatic rings. The van der Waals surface area contributed by atoms with Crippen molar-refractivity contribution in [3.05, 3.63) is 28.2 Å². The number of nitrogens with one attached hydrogen (secondary N) is 1. The van der Waals surface area contributed by atoms with Crippen LogP contribution in [0.2, 0.25) is 10.0 Å². The van der Waals surface area contributed by atoms with Crippen molar-refractivity contribution >= 4 is 44.8 Å². The van der Waals surface area contributed by atoms with E-state index in [1.807, 2.05) is 6.07 Å². The van der Waals surface area contributed by atoms with Crippen LogP contribution in [0.15, 0.2) is 18.2 Å². The van der Waals surface area contributed by atoms with Crippen LogP contribution in [0.3, 0.4) is 0 Å². The molecule has 0 bridgehead atoms. The summed E-state index contributed by atoms with van der Waals surface area (Å²) in [7, 11) is 0. The maximum absolute atomic E-state index is 5.84. The average molecular weight is 255 g/mol. The molecule has 0 atom stereocenters. The second kappa shape index (κ2) is 4.19. The van der Waals surface area contributed by atoms with Crippen molar-refractivity contribution in [2.45, 2.75) is 0 Å². The molecular weight excluding hydrogens is 249 g/mol. The molecule has 0 radical (unpaired) electrons. The van der Waals surface area contributed by atoms with Gasteiger partial charge in [0.05, 0.1) is 16.2 Å². The van der Waals surface area contributed by atoms with Crippen LogP contribution in [0, 0.1) is 0 Å². The highest BCUT2D eigenvalue weighted by molar-refractivity contribution is 9.09. The molecule has 4 heteroatoms. The summed E-state index contributed by atoms with van der Waals surface area (Å²) >= 11 is 14.8. The molecule has 1 N–H and O–H groups in total. The van der Waals surface area contributed by atoms with Crippen molar-refractivity contribution in [1.82, 2.24) is 0 Å². The quantitative estimate of drug-likeness (QED) is 0.626. The van der Waals surface area contributed by atoms with Gasteiger partial charge in [-0.15, -0.1) is 0 Å². The van der Waals surface area contributed by atoms with E-state index in [1.54, 1.807) is 12.1 Å². The lowest BCUT2D eigenvalue weighted by Crippen LogP contribution is -1.93. The van der Waals surface area contributed by atoms with Crippen LogP contribution in [0.4, 0.5) is 5.69 Å². The van der Waals surface area contributed by atoms with Crippen LogP contribution in [0.25, 0.3) is 0 Å². The molecule has 0 aromatic heterocycles. The summed E-state index contributed by atoms with van der Waals surface area (Å²) in [5.74, 6) is 0. The lowest BCUT2D eigenvalue weighted by atomic mass is 10.3. The van der Waals surface area contributed by atoms with Crippen molar-refractivity contribution in [3.8, 4) is 0 Å². The number of alkyl halides is 1. The Morgan fingerprint density at radius 2 is 2.09 bits per heavy atom. The lowest BCUT2D eigenvalue weighted by molar-refractivity contribution is 1.48. The monoisotopic (exact) mass is 253 g/mol. The zero-order valence-corrected chi connectivity index (χ0v) is 8.67. The topological polar surface area (TPSA) is 12.0 Å². The Morgan fingerprint density at radius 1 is 1.36 bits per heavy atom. The molecule has 0 aliphatic carbocycles. The SMILES string of the molecule is Clc1ccc(NCBr)c(Cl)c1. The summed E-state index contributed by atoms with van der Waals surface area (Å²) in [5.41, 5.74) is 1.56. The van der Waals surface area contributed by atoms with E-state index in [-0.39, 0.29) is 0 Å². The number of halogens is 3. The minimum absolute atomic E-state index is 0.636. The van der Waals surface area contributed by atoms with Crippen molar-refractivity contribution in [2.24, 2.45) is 0 Å². The molecule has 1 rings (SSSR count). The first kappa shape index (κ1) is 9.17. The van der Waals surface area contributed by atoms with Crippen LogP contribution < -0.4 is 5.32 Å². The zero-order valence-electron chi connectivity index (χ0n) is 5.57. The van der Waals surface area contributed by atoms with E-state index in [1.165, 1.54) is 0 Å². The summed E-state index contributed by atoms with van der Waals surface area (Å²) < 4.78 is 0. The summed E-state index contributed by atoms with van der Waals surface area (Å²) in [5, 5.41) is 4.31. The van der Waals surface area contributed by atoms with Crippen LogP contribution in [-0.2, 0) is 0 Å². The molecule has 0 spiro atoms. The molecule has 60 valence electrons. The van der Waals surface area contributed by atoms with Crippen molar-refractivity contribution in [2.75, 3.05) is 10.8 Å².